The van der Waals surface area contributed by atoms with E-state index in [0.29, 0.717) is 20.5 Å². The summed E-state index contributed by atoms with van der Waals surface area (Å²) in [6.45, 7) is -0.0583. The predicted octanol–water partition coefficient (Wildman–Crippen LogP) is 1.87. The summed E-state index contributed by atoms with van der Waals surface area (Å²) in [5.74, 6) is 0.422. The molecule has 1 aliphatic heterocycles. The van der Waals surface area contributed by atoms with Gasteiger partial charge in [0.25, 0.3) is 11.6 Å². The van der Waals surface area contributed by atoms with Crippen LogP contribution in [-0.4, -0.2) is 49.6 Å². The molecule has 0 unspecified atom stereocenters. The number of hydrogen-bond acceptors (Lipinski definition) is 8. The molecule has 1 heterocycles. The van der Waals surface area contributed by atoms with E-state index < -0.39 is 4.92 Å². The molecule has 1 saturated heterocycles. The smallest absolute Gasteiger partial charge is 0.283 e. The topological polar surface area (TPSA) is 96.0 Å². The fourth-order valence-corrected chi connectivity index (χ4v) is 3.34. The van der Waals surface area contributed by atoms with Gasteiger partial charge < -0.3 is 5.11 Å². The lowest BCUT2D eigenvalue weighted by Crippen LogP contribution is -2.22. The third kappa shape index (κ3) is 4.03. The minimum Gasteiger partial charge on any atom is -0.396 e. The zero-order chi connectivity index (χ0) is 16.1. The first-order valence-corrected chi connectivity index (χ1v) is 8.46. The molecule has 7 nitrogen and oxygen atoms in total. The summed E-state index contributed by atoms with van der Waals surface area (Å²) >= 11 is 7.42. The first kappa shape index (κ1) is 16.9. The first-order valence-electron chi connectivity index (χ1n) is 6.08. The highest BCUT2D eigenvalue weighted by atomic mass is 32.2. The van der Waals surface area contributed by atoms with Crippen LogP contribution in [0, 0.1) is 10.1 Å². The summed E-state index contributed by atoms with van der Waals surface area (Å²) in [6, 6.07) is 4.63. The van der Waals surface area contributed by atoms with Crippen LogP contribution in [0.1, 0.15) is 5.56 Å². The second kappa shape index (κ2) is 7.68. The predicted molar refractivity (Wildman–Crippen MR) is 90.4 cm³/mol. The van der Waals surface area contributed by atoms with Crippen molar-refractivity contribution in [2.24, 2.45) is 5.10 Å². The summed E-state index contributed by atoms with van der Waals surface area (Å²) in [6.07, 6.45) is 1.36. The van der Waals surface area contributed by atoms with E-state index in [9.17, 15) is 14.9 Å². The van der Waals surface area contributed by atoms with Gasteiger partial charge in [-0.3, -0.25) is 14.9 Å². The number of carbonyl (C=O) groups is 1. The van der Waals surface area contributed by atoms with Crippen molar-refractivity contribution in [2.45, 2.75) is 4.90 Å². The molecule has 1 amide bonds. The molecule has 22 heavy (non-hydrogen) atoms. The minimum absolute atomic E-state index is 0.0583. The van der Waals surface area contributed by atoms with Gasteiger partial charge in [-0.25, -0.2) is 0 Å². The number of aliphatic hydroxyl groups excluding tert-OH is 1. The van der Waals surface area contributed by atoms with Crippen LogP contribution < -0.4 is 0 Å². The van der Waals surface area contributed by atoms with Crippen LogP contribution in [0.5, 0.6) is 0 Å². The van der Waals surface area contributed by atoms with Gasteiger partial charge in [0, 0.05) is 17.4 Å². The Hall–Kier alpha value is -1.49. The highest BCUT2D eigenvalue weighted by Crippen LogP contribution is 2.29. The minimum atomic E-state index is -0.488. The molecule has 1 aromatic rings. The van der Waals surface area contributed by atoms with E-state index in [2.05, 4.69) is 5.10 Å². The van der Waals surface area contributed by atoms with E-state index in [1.807, 2.05) is 0 Å². The molecule has 0 radical (unpaired) electrons. The Bertz CT molecular complexity index is 635. The number of aliphatic hydroxyl groups is 1. The van der Waals surface area contributed by atoms with Crippen LogP contribution >= 0.6 is 35.7 Å². The molecule has 0 saturated carbocycles. The Morgan fingerprint density at radius 3 is 2.95 bits per heavy atom. The molecular weight excluding hydrogens is 346 g/mol. The number of hydrazone groups is 1. The maximum absolute atomic E-state index is 11.5. The van der Waals surface area contributed by atoms with Crippen LogP contribution in [0.4, 0.5) is 5.69 Å². The number of hydrogen-bond donors (Lipinski definition) is 1. The summed E-state index contributed by atoms with van der Waals surface area (Å²) in [7, 11) is 0. The average Bonchev–Trinajstić information content (AvgIpc) is 2.82. The highest BCUT2D eigenvalue weighted by molar-refractivity contribution is 8.23. The molecule has 0 bridgehead atoms. The summed E-state index contributed by atoms with van der Waals surface area (Å²) < 4.78 is 0.367. The molecule has 10 heteroatoms. The van der Waals surface area contributed by atoms with Crippen LogP contribution in [0.15, 0.2) is 28.2 Å². The number of benzene rings is 1. The van der Waals surface area contributed by atoms with Crippen LogP contribution in [0.2, 0.25) is 0 Å². The first-order chi connectivity index (χ1) is 10.5. The largest absolute Gasteiger partial charge is 0.396 e. The molecule has 0 aromatic heterocycles. The third-order valence-electron chi connectivity index (χ3n) is 2.58. The zero-order valence-corrected chi connectivity index (χ0v) is 13.6. The normalized spacial score (nSPS) is 15.0. The molecule has 0 atom stereocenters. The Morgan fingerprint density at radius 1 is 1.59 bits per heavy atom. The molecule has 0 aliphatic carbocycles. The summed E-state index contributed by atoms with van der Waals surface area (Å²) in [4.78, 5) is 22.6. The van der Waals surface area contributed by atoms with E-state index in [1.165, 1.54) is 35.8 Å². The van der Waals surface area contributed by atoms with Crippen LogP contribution in [0.25, 0.3) is 0 Å². The SMILES string of the molecule is O=C1CSC(=S)N1/N=C/c1ccc(SCCO)c([N+](=O)[O-])c1. The lowest BCUT2D eigenvalue weighted by molar-refractivity contribution is -0.387. The van der Waals surface area contributed by atoms with Crippen molar-refractivity contribution < 1.29 is 14.8 Å². The Morgan fingerprint density at radius 2 is 2.36 bits per heavy atom. The van der Waals surface area contributed by atoms with Crippen LogP contribution in [-0.2, 0) is 4.79 Å². The van der Waals surface area contributed by atoms with Gasteiger partial charge in [0.05, 0.1) is 28.4 Å². The lowest BCUT2D eigenvalue weighted by atomic mass is 10.2. The number of thiocarbonyl (C=S) groups is 1. The quantitative estimate of drug-likeness (QED) is 0.273. The number of amides is 1. The number of nitro groups is 1. The molecule has 1 aromatic carbocycles. The number of nitro benzene ring substituents is 1. The molecule has 0 spiro atoms. The fourth-order valence-electron chi connectivity index (χ4n) is 1.62. The van der Waals surface area contributed by atoms with Gasteiger partial charge in [-0.05, 0) is 6.07 Å². The van der Waals surface area contributed by atoms with Gasteiger partial charge in [0.15, 0.2) is 4.32 Å². The van der Waals surface area contributed by atoms with Crippen LogP contribution in [0.3, 0.4) is 0 Å². The van der Waals surface area contributed by atoms with Gasteiger partial charge >= 0.3 is 0 Å². The van der Waals surface area contributed by atoms with E-state index in [0.717, 1.165) is 5.01 Å². The summed E-state index contributed by atoms with van der Waals surface area (Å²) in [5, 5.41) is 25.0. The second-order valence-corrected chi connectivity index (χ2v) is 6.81. The van der Waals surface area contributed by atoms with Crippen molar-refractivity contribution in [1.29, 1.82) is 0 Å². The number of rotatable bonds is 6. The van der Waals surface area contributed by atoms with Gasteiger partial charge in [-0.2, -0.15) is 10.1 Å². The van der Waals surface area contributed by atoms with Crippen molar-refractivity contribution in [3.63, 3.8) is 0 Å². The molecular formula is C12H11N3O4S3. The Labute approximate surface area is 139 Å². The molecule has 1 fully saturated rings. The van der Waals surface area contributed by atoms with Gasteiger partial charge in [-0.15, -0.1) is 11.8 Å². The third-order valence-corrected chi connectivity index (χ3v) is 4.96. The van der Waals surface area contributed by atoms with Gasteiger partial charge in [-0.1, -0.05) is 30.0 Å². The van der Waals surface area contributed by atoms with Crippen molar-refractivity contribution in [1.82, 2.24) is 5.01 Å². The van der Waals surface area contributed by atoms with E-state index in [-0.39, 0.29) is 24.0 Å². The molecule has 1 N–H and O–H groups in total. The zero-order valence-electron chi connectivity index (χ0n) is 11.2. The van der Waals surface area contributed by atoms with E-state index in [1.54, 1.807) is 12.1 Å². The monoisotopic (exact) mass is 357 g/mol. The van der Waals surface area contributed by atoms with Gasteiger partial charge in [0.1, 0.15) is 0 Å². The van der Waals surface area contributed by atoms with Gasteiger partial charge in [0.2, 0.25) is 0 Å². The number of nitrogens with zero attached hydrogens (tertiary/aromatic N) is 3. The van der Waals surface area contributed by atoms with E-state index >= 15 is 0 Å². The maximum atomic E-state index is 11.5. The highest BCUT2D eigenvalue weighted by Gasteiger charge is 2.26. The summed E-state index contributed by atoms with van der Waals surface area (Å²) in [5.41, 5.74) is 0.430. The fraction of sp³-hybridized carbons (Fsp3) is 0.250. The van der Waals surface area contributed by atoms with E-state index in [4.69, 9.17) is 17.3 Å². The van der Waals surface area contributed by atoms with Crippen molar-refractivity contribution >= 4 is 57.9 Å². The maximum Gasteiger partial charge on any atom is 0.283 e. The second-order valence-electron chi connectivity index (χ2n) is 4.06. The van der Waals surface area contributed by atoms with Crippen molar-refractivity contribution in [3.8, 4) is 0 Å². The van der Waals surface area contributed by atoms with Crippen molar-refractivity contribution in [2.75, 3.05) is 18.1 Å². The molecule has 1 aliphatic rings. The van der Waals surface area contributed by atoms with Crippen molar-refractivity contribution in [3.05, 3.63) is 33.9 Å². The molecule has 2 rings (SSSR count). The standard InChI is InChI=1S/C12H11N3O4S3/c16-3-4-21-10-2-1-8(5-9(10)15(18)19)6-13-14-11(17)7-22-12(14)20/h1-2,5-6,16H,3-4,7H2/b13-6+. The average molecular weight is 357 g/mol. The number of thioether (sulfide) groups is 2. The Kier molecular flexibility index (Phi) is 5.89. The lowest BCUT2D eigenvalue weighted by Gasteiger charge is -2.07. The number of carbonyl (C=O) groups excluding carboxylic acids is 1. The Balaban J connectivity index is 2.21. The molecule has 116 valence electrons.